The van der Waals surface area contributed by atoms with Gasteiger partial charge in [0.1, 0.15) is 17.3 Å². The third-order valence-corrected chi connectivity index (χ3v) is 7.36. The number of nitrogens with zero attached hydrogens (tertiary/aromatic N) is 3. The van der Waals surface area contributed by atoms with Gasteiger partial charge in [-0.3, -0.25) is 9.78 Å². The van der Waals surface area contributed by atoms with E-state index in [1.807, 2.05) is 4.90 Å². The van der Waals surface area contributed by atoms with Crippen molar-refractivity contribution in [2.45, 2.75) is 57.1 Å². The van der Waals surface area contributed by atoms with E-state index in [0.29, 0.717) is 23.7 Å². The number of hydrogen-bond donors (Lipinski definition) is 1. The van der Waals surface area contributed by atoms with Gasteiger partial charge in [0, 0.05) is 37.9 Å². The first-order valence-corrected chi connectivity index (χ1v) is 11.7. The lowest BCUT2D eigenvalue weighted by atomic mass is 9.78. The monoisotopic (exact) mass is 439 g/mol. The number of hydrogen-bond acceptors (Lipinski definition) is 5. The number of pyridine rings is 1. The van der Waals surface area contributed by atoms with E-state index in [4.69, 9.17) is 4.74 Å². The maximum atomic E-state index is 15.1. The van der Waals surface area contributed by atoms with E-state index in [-0.39, 0.29) is 23.9 Å². The normalized spacial score (nSPS) is 28.4. The van der Waals surface area contributed by atoms with Gasteiger partial charge in [0.15, 0.2) is 0 Å². The second-order valence-electron chi connectivity index (χ2n) is 9.42. The number of aliphatic hydroxyl groups excluding tert-OH is 1. The van der Waals surface area contributed by atoms with Crippen molar-refractivity contribution in [2.24, 2.45) is 5.41 Å². The number of anilines is 1. The van der Waals surface area contributed by atoms with Crippen LogP contribution in [0.4, 0.5) is 10.1 Å². The highest BCUT2D eigenvalue weighted by Gasteiger charge is 2.50. The van der Waals surface area contributed by atoms with Gasteiger partial charge in [-0.05, 0) is 69.2 Å². The van der Waals surface area contributed by atoms with Crippen molar-refractivity contribution >= 4 is 11.6 Å². The zero-order valence-corrected chi connectivity index (χ0v) is 18.3. The summed E-state index contributed by atoms with van der Waals surface area (Å²) in [5, 5.41) is 9.81. The van der Waals surface area contributed by atoms with Crippen LogP contribution in [0.25, 0.3) is 0 Å². The summed E-state index contributed by atoms with van der Waals surface area (Å²) in [6.45, 7) is 2.07. The molecule has 1 atom stereocenters. The van der Waals surface area contributed by atoms with Gasteiger partial charge in [0.25, 0.3) is 0 Å². The van der Waals surface area contributed by atoms with Crippen molar-refractivity contribution in [3.63, 3.8) is 0 Å². The number of aliphatic hydroxyl groups is 1. The van der Waals surface area contributed by atoms with Gasteiger partial charge in [-0.25, -0.2) is 4.39 Å². The van der Waals surface area contributed by atoms with Gasteiger partial charge in [-0.2, -0.15) is 0 Å². The highest BCUT2D eigenvalue weighted by molar-refractivity contribution is 5.86. The SMILES string of the molecule is O=C1N(C2CCC(O)CC2)CC[C@@]12CCCN(c1ccc(Oc3cccnc3)cc1F)C2. The van der Waals surface area contributed by atoms with Crippen LogP contribution in [0, 0.1) is 11.2 Å². The lowest BCUT2D eigenvalue weighted by molar-refractivity contribution is -0.139. The number of halogens is 1. The van der Waals surface area contributed by atoms with Crippen LogP contribution in [-0.4, -0.2) is 52.7 Å². The Morgan fingerprint density at radius 3 is 2.69 bits per heavy atom. The molecule has 1 spiro atoms. The van der Waals surface area contributed by atoms with Crippen LogP contribution in [0.2, 0.25) is 0 Å². The Bertz CT molecular complexity index is 964. The molecule has 7 heteroatoms. The Morgan fingerprint density at radius 2 is 1.94 bits per heavy atom. The fraction of sp³-hybridized carbons (Fsp3) is 0.520. The second-order valence-corrected chi connectivity index (χ2v) is 9.42. The van der Waals surface area contributed by atoms with Crippen LogP contribution >= 0.6 is 0 Å². The summed E-state index contributed by atoms with van der Waals surface area (Å²) in [5.74, 6) is 0.865. The second kappa shape index (κ2) is 8.70. The molecule has 3 fully saturated rings. The topological polar surface area (TPSA) is 65.9 Å². The molecule has 0 radical (unpaired) electrons. The van der Waals surface area contributed by atoms with E-state index in [2.05, 4.69) is 9.88 Å². The number of carbonyl (C=O) groups is 1. The molecule has 1 N–H and O–H groups in total. The molecule has 2 aromatic rings. The molecule has 32 heavy (non-hydrogen) atoms. The molecule has 3 aliphatic rings. The van der Waals surface area contributed by atoms with Crippen LogP contribution in [0.1, 0.15) is 44.9 Å². The van der Waals surface area contributed by atoms with E-state index in [0.717, 1.165) is 58.0 Å². The number of piperidine rings is 1. The number of carbonyl (C=O) groups excluding carboxylic acids is 1. The van der Waals surface area contributed by atoms with Crippen molar-refractivity contribution in [1.29, 1.82) is 0 Å². The summed E-state index contributed by atoms with van der Waals surface area (Å²) in [7, 11) is 0. The van der Waals surface area contributed by atoms with Gasteiger partial charge < -0.3 is 19.6 Å². The molecule has 0 bridgehead atoms. The van der Waals surface area contributed by atoms with Crippen molar-refractivity contribution in [1.82, 2.24) is 9.88 Å². The van der Waals surface area contributed by atoms with E-state index >= 15 is 4.39 Å². The molecular formula is C25H30FN3O3. The standard InChI is InChI=1S/C25H30FN3O3/c26-22-15-20(32-21-3-1-12-27-16-21)8-9-23(22)28-13-2-10-25(17-28)11-14-29(24(25)31)18-4-6-19(30)7-5-18/h1,3,8-9,12,15-16,18-19,30H,2,4-7,10-11,13-14,17H2/t18?,19?,25-/m1/s1. The number of likely N-dealkylation sites (tertiary alicyclic amines) is 1. The van der Waals surface area contributed by atoms with Crippen LogP contribution in [0.3, 0.4) is 0 Å². The lowest BCUT2D eigenvalue weighted by Crippen LogP contribution is -2.50. The first kappa shape index (κ1) is 21.2. The summed E-state index contributed by atoms with van der Waals surface area (Å²) in [5.41, 5.74) is 0.0979. The lowest BCUT2D eigenvalue weighted by Gasteiger charge is -2.41. The highest BCUT2D eigenvalue weighted by atomic mass is 19.1. The summed E-state index contributed by atoms with van der Waals surface area (Å²) < 4.78 is 20.8. The molecule has 5 rings (SSSR count). The first-order valence-electron chi connectivity index (χ1n) is 11.7. The van der Waals surface area contributed by atoms with Crippen LogP contribution < -0.4 is 9.64 Å². The van der Waals surface area contributed by atoms with Gasteiger partial charge in [0.2, 0.25) is 5.91 Å². The van der Waals surface area contributed by atoms with Gasteiger partial charge in [-0.1, -0.05) is 0 Å². The van der Waals surface area contributed by atoms with E-state index < -0.39 is 5.41 Å². The number of amides is 1. The summed E-state index contributed by atoms with van der Waals surface area (Å²) in [4.78, 5) is 21.6. The molecule has 1 amide bonds. The Kier molecular flexibility index (Phi) is 5.76. The largest absolute Gasteiger partial charge is 0.456 e. The molecule has 1 aromatic heterocycles. The van der Waals surface area contributed by atoms with Gasteiger partial charge in [-0.15, -0.1) is 0 Å². The quantitative estimate of drug-likeness (QED) is 0.776. The average molecular weight is 440 g/mol. The molecular weight excluding hydrogens is 409 g/mol. The fourth-order valence-corrected chi connectivity index (χ4v) is 5.63. The molecule has 2 saturated heterocycles. The van der Waals surface area contributed by atoms with Crippen molar-refractivity contribution in [3.05, 3.63) is 48.5 Å². The summed E-state index contributed by atoms with van der Waals surface area (Å²) in [6.07, 6.45) is 8.87. The van der Waals surface area contributed by atoms with Crippen molar-refractivity contribution < 1.29 is 19.0 Å². The zero-order valence-electron chi connectivity index (χ0n) is 18.3. The average Bonchev–Trinajstić information content (AvgIpc) is 3.10. The number of aromatic nitrogens is 1. The first-order chi connectivity index (χ1) is 15.5. The Labute approximate surface area is 188 Å². The van der Waals surface area contributed by atoms with Crippen LogP contribution in [0.5, 0.6) is 11.5 Å². The Hall–Kier alpha value is -2.67. The molecule has 1 aromatic carbocycles. The van der Waals surface area contributed by atoms with E-state index in [9.17, 15) is 9.90 Å². The molecule has 1 saturated carbocycles. The molecule has 2 aliphatic heterocycles. The Balaban J connectivity index is 1.29. The van der Waals surface area contributed by atoms with E-state index in [1.165, 1.54) is 6.07 Å². The minimum atomic E-state index is -0.425. The molecule has 1 aliphatic carbocycles. The third kappa shape index (κ3) is 4.06. The molecule has 170 valence electrons. The van der Waals surface area contributed by atoms with Gasteiger partial charge in [0.05, 0.1) is 23.4 Å². The maximum Gasteiger partial charge on any atom is 0.230 e. The highest BCUT2D eigenvalue weighted by Crippen LogP contribution is 2.44. The van der Waals surface area contributed by atoms with Crippen LogP contribution in [0.15, 0.2) is 42.7 Å². The third-order valence-electron chi connectivity index (χ3n) is 7.36. The maximum absolute atomic E-state index is 15.1. The fourth-order valence-electron chi connectivity index (χ4n) is 5.63. The van der Waals surface area contributed by atoms with Gasteiger partial charge >= 0.3 is 0 Å². The number of rotatable bonds is 4. The minimum absolute atomic E-state index is 0.223. The van der Waals surface area contributed by atoms with Crippen LogP contribution in [-0.2, 0) is 4.79 Å². The molecule has 6 nitrogen and oxygen atoms in total. The zero-order chi connectivity index (χ0) is 22.1. The summed E-state index contributed by atoms with van der Waals surface area (Å²) >= 11 is 0. The molecule has 0 unspecified atom stereocenters. The van der Waals surface area contributed by atoms with Crippen molar-refractivity contribution in [3.8, 4) is 11.5 Å². The smallest absolute Gasteiger partial charge is 0.230 e. The number of ether oxygens (including phenoxy) is 1. The predicted molar refractivity (Wildman–Crippen MR) is 119 cm³/mol. The minimum Gasteiger partial charge on any atom is -0.456 e. The number of benzene rings is 1. The van der Waals surface area contributed by atoms with Crippen molar-refractivity contribution in [2.75, 3.05) is 24.5 Å². The summed E-state index contributed by atoms with van der Waals surface area (Å²) in [6, 6.07) is 8.70. The predicted octanol–water partition coefficient (Wildman–Crippen LogP) is 4.14. The van der Waals surface area contributed by atoms with E-state index in [1.54, 1.807) is 36.7 Å². The molecule has 3 heterocycles. The Morgan fingerprint density at radius 1 is 1.09 bits per heavy atom.